The third-order valence-corrected chi connectivity index (χ3v) is 8.38. The standard InChI is InChI=1S/C20H21N3O4S/c1-22-18(24)20(21-19(22)25)9-11-23(12-10-20)28(26,27)16-8-6-14-4-2-3-13-5-7-15(16)17(13)14/h2-4,6,8H,5,7,9-12H2,1H3,(H,21,25). The Labute approximate surface area is 163 Å². The van der Waals surface area contributed by atoms with E-state index in [-0.39, 0.29) is 31.8 Å². The number of benzene rings is 2. The lowest BCUT2D eigenvalue weighted by Gasteiger charge is -2.36. The van der Waals surface area contributed by atoms with Crippen LogP contribution in [0.5, 0.6) is 0 Å². The molecule has 2 aromatic rings. The number of carbonyl (C=O) groups excluding carboxylic acids is 2. The normalized spacial score (nSPS) is 21.7. The Bertz CT molecular complexity index is 1130. The number of likely N-dealkylation sites (N-methyl/N-ethyl adjacent to an activating group) is 1. The Hall–Kier alpha value is -2.45. The van der Waals surface area contributed by atoms with Crippen LogP contribution in [0.2, 0.25) is 0 Å². The monoisotopic (exact) mass is 399 g/mol. The summed E-state index contributed by atoms with van der Waals surface area (Å²) in [6, 6.07) is 9.25. The molecule has 2 heterocycles. The summed E-state index contributed by atoms with van der Waals surface area (Å²) < 4.78 is 28.2. The van der Waals surface area contributed by atoms with E-state index in [9.17, 15) is 18.0 Å². The predicted molar refractivity (Wildman–Crippen MR) is 103 cm³/mol. The molecule has 7 nitrogen and oxygen atoms in total. The molecule has 3 aliphatic rings. The maximum atomic E-state index is 13.4. The number of imide groups is 1. The van der Waals surface area contributed by atoms with Gasteiger partial charge in [0.2, 0.25) is 10.0 Å². The molecule has 0 aromatic heterocycles. The summed E-state index contributed by atoms with van der Waals surface area (Å²) in [5, 5.41) is 4.89. The van der Waals surface area contributed by atoms with Crippen molar-refractivity contribution in [1.82, 2.24) is 14.5 Å². The van der Waals surface area contributed by atoms with Gasteiger partial charge in [-0.3, -0.25) is 9.69 Å². The number of aryl methyl sites for hydroxylation is 2. The molecule has 1 N–H and O–H groups in total. The first kappa shape index (κ1) is 17.6. The second kappa shape index (κ2) is 5.78. The summed E-state index contributed by atoms with van der Waals surface area (Å²) >= 11 is 0. The van der Waals surface area contributed by atoms with Crippen LogP contribution in [0.4, 0.5) is 4.79 Å². The minimum atomic E-state index is -3.66. The zero-order chi connectivity index (χ0) is 19.7. The number of rotatable bonds is 2. The topological polar surface area (TPSA) is 86.8 Å². The second-order valence-corrected chi connectivity index (χ2v) is 9.74. The highest BCUT2D eigenvalue weighted by atomic mass is 32.2. The van der Waals surface area contributed by atoms with Crippen LogP contribution in [0.3, 0.4) is 0 Å². The summed E-state index contributed by atoms with van der Waals surface area (Å²) in [4.78, 5) is 25.7. The summed E-state index contributed by atoms with van der Waals surface area (Å²) in [5.41, 5.74) is 1.13. The molecule has 2 saturated heterocycles. The second-order valence-electron chi connectivity index (χ2n) is 7.84. The van der Waals surface area contributed by atoms with Gasteiger partial charge in [0.1, 0.15) is 5.54 Å². The van der Waals surface area contributed by atoms with Gasteiger partial charge >= 0.3 is 6.03 Å². The average Bonchev–Trinajstić information content (AvgIpc) is 3.20. The molecular formula is C20H21N3O4S. The molecule has 28 heavy (non-hydrogen) atoms. The van der Waals surface area contributed by atoms with Gasteiger partial charge in [0.25, 0.3) is 5.91 Å². The molecule has 0 bridgehead atoms. The third kappa shape index (κ3) is 2.28. The van der Waals surface area contributed by atoms with Gasteiger partial charge in [-0.1, -0.05) is 24.3 Å². The van der Waals surface area contributed by atoms with Crippen LogP contribution in [0.25, 0.3) is 10.8 Å². The molecule has 0 atom stereocenters. The van der Waals surface area contributed by atoms with E-state index in [4.69, 9.17) is 0 Å². The van der Waals surface area contributed by atoms with Crippen molar-refractivity contribution in [3.63, 3.8) is 0 Å². The number of carbonyl (C=O) groups is 2. The largest absolute Gasteiger partial charge is 0.324 e. The van der Waals surface area contributed by atoms with Gasteiger partial charge in [-0.05, 0) is 53.6 Å². The average molecular weight is 399 g/mol. The van der Waals surface area contributed by atoms with Crippen molar-refractivity contribution in [3.05, 3.63) is 41.5 Å². The molecule has 146 valence electrons. The highest BCUT2D eigenvalue weighted by Crippen LogP contribution is 2.37. The van der Waals surface area contributed by atoms with E-state index >= 15 is 0 Å². The van der Waals surface area contributed by atoms with E-state index in [1.54, 1.807) is 6.07 Å². The molecule has 0 saturated carbocycles. The summed E-state index contributed by atoms with van der Waals surface area (Å²) in [7, 11) is -2.21. The van der Waals surface area contributed by atoms with Crippen LogP contribution < -0.4 is 5.32 Å². The zero-order valence-corrected chi connectivity index (χ0v) is 16.4. The van der Waals surface area contributed by atoms with Gasteiger partial charge in [0.15, 0.2) is 0 Å². The number of amides is 3. The predicted octanol–water partition coefficient (Wildman–Crippen LogP) is 1.64. The lowest BCUT2D eigenvalue weighted by atomic mass is 9.88. The van der Waals surface area contributed by atoms with E-state index in [0.717, 1.165) is 34.1 Å². The Morgan fingerprint density at radius 3 is 2.46 bits per heavy atom. The highest BCUT2D eigenvalue weighted by molar-refractivity contribution is 7.89. The van der Waals surface area contributed by atoms with E-state index in [2.05, 4.69) is 11.4 Å². The van der Waals surface area contributed by atoms with Crippen LogP contribution >= 0.6 is 0 Å². The summed E-state index contributed by atoms with van der Waals surface area (Å²) in [6.45, 7) is 0.419. The summed E-state index contributed by atoms with van der Waals surface area (Å²) in [6.07, 6.45) is 2.15. The maximum absolute atomic E-state index is 13.4. The molecule has 2 fully saturated rings. The Morgan fingerprint density at radius 1 is 1.04 bits per heavy atom. The zero-order valence-electron chi connectivity index (χ0n) is 15.6. The molecule has 1 aliphatic carbocycles. The number of nitrogens with zero attached hydrogens (tertiary/aromatic N) is 2. The van der Waals surface area contributed by atoms with Gasteiger partial charge in [-0.25, -0.2) is 13.2 Å². The number of sulfonamides is 1. The third-order valence-electron chi connectivity index (χ3n) is 6.40. The van der Waals surface area contributed by atoms with E-state index in [0.29, 0.717) is 4.90 Å². The fourth-order valence-corrected chi connectivity index (χ4v) is 6.51. The minimum absolute atomic E-state index is 0.210. The number of hydrogen-bond donors (Lipinski definition) is 1. The molecule has 3 amide bonds. The molecule has 0 radical (unpaired) electrons. The first-order chi connectivity index (χ1) is 13.3. The van der Waals surface area contributed by atoms with Crippen molar-refractivity contribution >= 4 is 32.7 Å². The van der Waals surface area contributed by atoms with Gasteiger partial charge in [0.05, 0.1) is 4.90 Å². The van der Waals surface area contributed by atoms with Crippen molar-refractivity contribution in [2.75, 3.05) is 20.1 Å². The number of nitrogens with one attached hydrogen (secondary N) is 1. The Morgan fingerprint density at radius 2 is 1.79 bits per heavy atom. The number of urea groups is 1. The molecule has 5 rings (SSSR count). The smallest absolute Gasteiger partial charge is 0.323 e. The minimum Gasteiger partial charge on any atom is -0.323 e. The van der Waals surface area contributed by atoms with Crippen LogP contribution in [0.15, 0.2) is 35.2 Å². The van der Waals surface area contributed by atoms with Gasteiger partial charge in [-0.15, -0.1) is 0 Å². The fraction of sp³-hybridized carbons (Fsp3) is 0.400. The molecular weight excluding hydrogens is 378 g/mol. The molecule has 1 spiro atoms. The molecule has 2 aromatic carbocycles. The lowest BCUT2D eigenvalue weighted by molar-refractivity contribution is -0.131. The fourth-order valence-electron chi connectivity index (χ4n) is 4.82. The lowest BCUT2D eigenvalue weighted by Crippen LogP contribution is -2.55. The van der Waals surface area contributed by atoms with Crippen LogP contribution in [0, 0.1) is 0 Å². The van der Waals surface area contributed by atoms with Crippen molar-refractivity contribution in [2.24, 2.45) is 0 Å². The van der Waals surface area contributed by atoms with Crippen molar-refractivity contribution < 1.29 is 18.0 Å². The Kier molecular flexibility index (Phi) is 3.64. The molecule has 8 heteroatoms. The quantitative estimate of drug-likeness (QED) is 0.778. The van der Waals surface area contributed by atoms with Crippen molar-refractivity contribution in [2.45, 2.75) is 36.1 Å². The molecule has 2 aliphatic heterocycles. The van der Waals surface area contributed by atoms with Crippen molar-refractivity contribution in [3.8, 4) is 0 Å². The SMILES string of the molecule is CN1C(=O)NC2(CCN(S(=O)(=O)c3ccc4cccc5c4c3CC5)CC2)C1=O. The number of piperidine rings is 1. The maximum Gasteiger partial charge on any atom is 0.324 e. The van der Waals surface area contributed by atoms with E-state index < -0.39 is 21.6 Å². The van der Waals surface area contributed by atoms with Crippen LogP contribution in [-0.2, 0) is 27.7 Å². The van der Waals surface area contributed by atoms with Gasteiger partial charge in [-0.2, -0.15) is 4.31 Å². The van der Waals surface area contributed by atoms with E-state index in [1.165, 1.54) is 16.9 Å². The van der Waals surface area contributed by atoms with Gasteiger partial charge < -0.3 is 5.32 Å². The first-order valence-electron chi connectivity index (χ1n) is 9.47. The van der Waals surface area contributed by atoms with Crippen LogP contribution in [0.1, 0.15) is 24.0 Å². The van der Waals surface area contributed by atoms with E-state index in [1.807, 2.05) is 18.2 Å². The highest BCUT2D eigenvalue weighted by Gasteiger charge is 2.52. The molecule has 0 unspecified atom stereocenters. The summed E-state index contributed by atoms with van der Waals surface area (Å²) in [5.74, 6) is -0.275. The van der Waals surface area contributed by atoms with Crippen molar-refractivity contribution in [1.29, 1.82) is 0 Å². The van der Waals surface area contributed by atoms with Gasteiger partial charge in [0, 0.05) is 20.1 Å². The first-order valence-corrected chi connectivity index (χ1v) is 10.9. The van der Waals surface area contributed by atoms with Crippen LogP contribution in [-0.4, -0.2) is 55.2 Å². The number of hydrogen-bond acceptors (Lipinski definition) is 4. The Balaban J connectivity index is 1.47.